The van der Waals surface area contributed by atoms with Crippen LogP contribution in [0.2, 0.25) is 0 Å². The van der Waals surface area contributed by atoms with Crippen LogP contribution in [0.4, 0.5) is 5.69 Å². The van der Waals surface area contributed by atoms with Crippen LogP contribution in [-0.2, 0) is 16.1 Å². The Morgan fingerprint density at radius 2 is 2.32 bits per heavy atom. The molecule has 0 atom stereocenters. The predicted octanol–water partition coefficient (Wildman–Crippen LogP) is 1.03. The van der Waals surface area contributed by atoms with Gasteiger partial charge in [-0.05, 0) is 0 Å². The van der Waals surface area contributed by atoms with Crippen molar-refractivity contribution in [3.63, 3.8) is 0 Å². The van der Waals surface area contributed by atoms with Crippen molar-refractivity contribution in [1.82, 2.24) is 14.8 Å². The minimum absolute atomic E-state index is 0.0400. The molecule has 8 nitrogen and oxygen atoms in total. The number of esters is 1. The van der Waals surface area contributed by atoms with Crippen molar-refractivity contribution in [2.75, 3.05) is 7.11 Å². The monoisotopic (exact) mass is 262 g/mol. The van der Waals surface area contributed by atoms with Crippen LogP contribution in [0.1, 0.15) is 0 Å². The Morgan fingerprint density at radius 3 is 3.00 bits per heavy atom. The van der Waals surface area contributed by atoms with Gasteiger partial charge in [-0.3, -0.25) is 14.9 Å². The molecular formula is C11H10N4O4. The van der Waals surface area contributed by atoms with E-state index in [9.17, 15) is 14.9 Å². The molecule has 0 aliphatic heterocycles. The molecule has 1 aromatic heterocycles. The number of methoxy groups -OCH3 is 1. The van der Waals surface area contributed by atoms with Crippen LogP contribution in [-0.4, -0.2) is 32.8 Å². The summed E-state index contributed by atoms with van der Waals surface area (Å²) in [6.45, 7) is -0.0571. The lowest BCUT2D eigenvalue weighted by atomic mass is 10.2. The van der Waals surface area contributed by atoms with Crippen LogP contribution in [0.3, 0.4) is 0 Å². The summed E-state index contributed by atoms with van der Waals surface area (Å²) in [5.41, 5.74) is 0.472. The molecule has 2 aromatic rings. The van der Waals surface area contributed by atoms with Gasteiger partial charge in [0.15, 0.2) is 5.82 Å². The maximum Gasteiger partial charge on any atom is 0.327 e. The van der Waals surface area contributed by atoms with E-state index in [0.29, 0.717) is 11.4 Å². The topological polar surface area (TPSA) is 100 Å². The number of carbonyl (C=O) groups excluding carboxylic acids is 1. The average molecular weight is 262 g/mol. The van der Waals surface area contributed by atoms with Crippen LogP contribution in [0.5, 0.6) is 0 Å². The number of nitrogens with zero attached hydrogens (tertiary/aromatic N) is 4. The molecule has 0 unspecified atom stereocenters. The first-order valence-corrected chi connectivity index (χ1v) is 5.31. The number of carbonyl (C=O) groups is 1. The van der Waals surface area contributed by atoms with Crippen LogP contribution >= 0.6 is 0 Å². The molecule has 0 radical (unpaired) electrons. The normalized spacial score (nSPS) is 10.2. The number of hydrogen-bond acceptors (Lipinski definition) is 6. The highest BCUT2D eigenvalue weighted by molar-refractivity contribution is 5.68. The van der Waals surface area contributed by atoms with E-state index in [-0.39, 0.29) is 12.2 Å². The smallest absolute Gasteiger partial charge is 0.327 e. The van der Waals surface area contributed by atoms with Gasteiger partial charge in [-0.2, -0.15) is 5.10 Å². The van der Waals surface area contributed by atoms with E-state index >= 15 is 0 Å². The molecule has 0 aliphatic rings. The summed E-state index contributed by atoms with van der Waals surface area (Å²) in [4.78, 5) is 25.2. The second-order valence-electron chi connectivity index (χ2n) is 3.65. The largest absolute Gasteiger partial charge is 0.468 e. The lowest BCUT2D eigenvalue weighted by Gasteiger charge is -1.98. The van der Waals surface area contributed by atoms with Gasteiger partial charge < -0.3 is 4.74 Å². The van der Waals surface area contributed by atoms with Gasteiger partial charge in [-0.25, -0.2) is 9.67 Å². The standard InChI is InChI=1S/C11H10N4O4/c1-19-10(16)6-14-7-12-11(13-14)8-3-2-4-9(5-8)15(17)18/h2-5,7H,6H2,1H3. The first kappa shape index (κ1) is 12.7. The molecule has 0 saturated heterocycles. The third kappa shape index (κ3) is 2.92. The zero-order valence-electron chi connectivity index (χ0n) is 10.0. The minimum Gasteiger partial charge on any atom is -0.468 e. The van der Waals surface area contributed by atoms with Gasteiger partial charge in [0, 0.05) is 17.7 Å². The van der Waals surface area contributed by atoms with E-state index in [4.69, 9.17) is 0 Å². The van der Waals surface area contributed by atoms with Crippen molar-refractivity contribution in [1.29, 1.82) is 0 Å². The Kier molecular flexibility index (Phi) is 3.51. The molecule has 0 saturated carbocycles. The van der Waals surface area contributed by atoms with Gasteiger partial charge in [0.05, 0.1) is 12.0 Å². The number of benzene rings is 1. The minimum atomic E-state index is -0.491. The zero-order chi connectivity index (χ0) is 13.8. The fraction of sp³-hybridized carbons (Fsp3) is 0.182. The van der Waals surface area contributed by atoms with Gasteiger partial charge >= 0.3 is 5.97 Å². The molecule has 0 aliphatic carbocycles. The number of non-ortho nitro benzene ring substituents is 1. The van der Waals surface area contributed by atoms with E-state index in [2.05, 4.69) is 14.8 Å². The molecule has 19 heavy (non-hydrogen) atoms. The fourth-order valence-corrected chi connectivity index (χ4v) is 1.46. The summed E-state index contributed by atoms with van der Waals surface area (Å²) >= 11 is 0. The zero-order valence-corrected chi connectivity index (χ0v) is 10.0. The molecule has 1 aromatic carbocycles. The van der Waals surface area contributed by atoms with Crippen LogP contribution in [0.25, 0.3) is 11.4 Å². The van der Waals surface area contributed by atoms with Gasteiger partial charge in [-0.1, -0.05) is 12.1 Å². The van der Waals surface area contributed by atoms with Gasteiger partial charge in [-0.15, -0.1) is 0 Å². The maximum atomic E-state index is 11.1. The molecule has 0 N–H and O–H groups in total. The Labute approximate surface area is 107 Å². The first-order chi connectivity index (χ1) is 9.10. The van der Waals surface area contributed by atoms with Crippen molar-refractivity contribution >= 4 is 11.7 Å². The molecule has 2 rings (SSSR count). The molecular weight excluding hydrogens is 252 g/mol. The van der Waals surface area contributed by atoms with E-state index in [1.807, 2.05) is 0 Å². The summed E-state index contributed by atoms with van der Waals surface area (Å²) in [7, 11) is 1.28. The van der Waals surface area contributed by atoms with E-state index < -0.39 is 10.9 Å². The Balaban J connectivity index is 2.25. The summed E-state index contributed by atoms with van der Waals surface area (Å²) in [6.07, 6.45) is 1.37. The SMILES string of the molecule is COC(=O)Cn1cnc(-c2cccc([N+](=O)[O-])c2)n1. The summed E-state index contributed by atoms with van der Waals surface area (Å²) in [5, 5.41) is 14.7. The Bertz CT molecular complexity index is 623. The number of rotatable bonds is 4. The average Bonchev–Trinajstić information content (AvgIpc) is 2.87. The molecule has 98 valence electrons. The van der Waals surface area contributed by atoms with Gasteiger partial charge in [0.1, 0.15) is 12.9 Å². The predicted molar refractivity (Wildman–Crippen MR) is 64.1 cm³/mol. The fourth-order valence-electron chi connectivity index (χ4n) is 1.46. The molecule has 8 heteroatoms. The van der Waals surface area contributed by atoms with E-state index in [1.54, 1.807) is 12.1 Å². The molecule has 0 amide bonds. The number of nitro groups is 1. The number of ether oxygens (including phenoxy) is 1. The highest BCUT2D eigenvalue weighted by Crippen LogP contribution is 2.20. The number of nitro benzene ring substituents is 1. The van der Waals surface area contributed by atoms with E-state index in [1.165, 1.54) is 30.3 Å². The number of hydrogen-bond donors (Lipinski definition) is 0. The second-order valence-corrected chi connectivity index (χ2v) is 3.65. The molecule has 1 heterocycles. The van der Waals surface area contributed by atoms with Crippen molar-refractivity contribution in [3.8, 4) is 11.4 Å². The van der Waals surface area contributed by atoms with Crippen molar-refractivity contribution in [2.45, 2.75) is 6.54 Å². The summed E-state index contributed by atoms with van der Waals surface area (Å²) in [6, 6.07) is 5.96. The van der Waals surface area contributed by atoms with Gasteiger partial charge in [0.25, 0.3) is 5.69 Å². The van der Waals surface area contributed by atoms with Crippen molar-refractivity contribution in [2.24, 2.45) is 0 Å². The van der Waals surface area contributed by atoms with Crippen molar-refractivity contribution in [3.05, 3.63) is 40.7 Å². The molecule has 0 fully saturated rings. The third-order valence-electron chi connectivity index (χ3n) is 2.37. The Hall–Kier alpha value is -2.77. The third-order valence-corrected chi connectivity index (χ3v) is 2.37. The summed E-state index contributed by atoms with van der Waals surface area (Å²) in [5.74, 6) is -0.136. The highest BCUT2D eigenvalue weighted by atomic mass is 16.6. The molecule has 0 spiro atoms. The quantitative estimate of drug-likeness (QED) is 0.463. The van der Waals surface area contributed by atoms with E-state index in [0.717, 1.165) is 0 Å². The van der Waals surface area contributed by atoms with Crippen molar-refractivity contribution < 1.29 is 14.5 Å². The van der Waals surface area contributed by atoms with Crippen LogP contribution in [0, 0.1) is 10.1 Å². The van der Waals surface area contributed by atoms with Gasteiger partial charge in [0.2, 0.25) is 0 Å². The molecule has 0 bridgehead atoms. The number of aromatic nitrogens is 3. The lowest BCUT2D eigenvalue weighted by Crippen LogP contribution is -2.11. The Morgan fingerprint density at radius 1 is 1.53 bits per heavy atom. The maximum absolute atomic E-state index is 11.1. The highest BCUT2D eigenvalue weighted by Gasteiger charge is 2.11. The lowest BCUT2D eigenvalue weighted by molar-refractivity contribution is -0.384. The first-order valence-electron chi connectivity index (χ1n) is 5.31. The second kappa shape index (κ2) is 5.25. The van der Waals surface area contributed by atoms with Crippen LogP contribution in [0.15, 0.2) is 30.6 Å². The van der Waals surface area contributed by atoms with Crippen LogP contribution < -0.4 is 0 Å². The summed E-state index contributed by atoms with van der Waals surface area (Å²) < 4.78 is 5.81.